The third-order valence-electron chi connectivity index (χ3n) is 3.19. The molecule has 0 amide bonds. The molecule has 2 rings (SSSR count). The molecular weight excluding hydrogens is 242 g/mol. The molecule has 1 aromatic carbocycles. The Labute approximate surface area is 112 Å². The lowest BCUT2D eigenvalue weighted by Crippen LogP contribution is -2.25. The first kappa shape index (κ1) is 13.4. The number of phenols is 2. The summed E-state index contributed by atoms with van der Waals surface area (Å²) in [6, 6.07) is 4.69. The number of hydrogen-bond donors (Lipinski definition) is 4. The van der Waals surface area contributed by atoms with Crippen molar-refractivity contribution >= 4 is 0 Å². The number of imidazole rings is 1. The summed E-state index contributed by atoms with van der Waals surface area (Å²) in [6.45, 7) is 4.04. The quantitative estimate of drug-likeness (QED) is 0.667. The number of aromatic nitrogens is 2. The molecule has 19 heavy (non-hydrogen) atoms. The van der Waals surface area contributed by atoms with Gasteiger partial charge in [-0.15, -0.1) is 0 Å². The summed E-state index contributed by atoms with van der Waals surface area (Å²) in [4.78, 5) is 7.34. The molecule has 5 heteroatoms. The van der Waals surface area contributed by atoms with E-state index in [0.717, 1.165) is 17.8 Å². The summed E-state index contributed by atoms with van der Waals surface area (Å²) in [5.41, 5.74) is 0.753. The lowest BCUT2D eigenvalue weighted by molar-refractivity contribution is 0.410. The van der Waals surface area contributed by atoms with Crippen molar-refractivity contribution < 1.29 is 10.2 Å². The molecule has 0 aliphatic heterocycles. The second kappa shape index (κ2) is 5.75. The molecular formula is C14H19N3O2. The van der Waals surface area contributed by atoms with Gasteiger partial charge < -0.3 is 20.5 Å². The minimum absolute atomic E-state index is 0.0457. The summed E-state index contributed by atoms with van der Waals surface area (Å²) < 4.78 is 0. The topological polar surface area (TPSA) is 81.2 Å². The number of benzene rings is 1. The molecule has 0 aliphatic carbocycles. The summed E-state index contributed by atoms with van der Waals surface area (Å²) >= 11 is 0. The van der Waals surface area contributed by atoms with E-state index >= 15 is 0 Å². The van der Waals surface area contributed by atoms with E-state index in [1.807, 2.05) is 6.92 Å². The molecule has 0 spiro atoms. The van der Waals surface area contributed by atoms with Crippen molar-refractivity contribution in [2.75, 3.05) is 0 Å². The average Bonchev–Trinajstić information content (AvgIpc) is 2.89. The Morgan fingerprint density at radius 3 is 2.74 bits per heavy atom. The van der Waals surface area contributed by atoms with Crippen LogP contribution in [-0.4, -0.2) is 20.2 Å². The van der Waals surface area contributed by atoms with Gasteiger partial charge in [-0.25, -0.2) is 4.98 Å². The molecule has 1 aromatic heterocycles. The Morgan fingerprint density at radius 1 is 1.37 bits per heavy atom. The van der Waals surface area contributed by atoms with Crippen molar-refractivity contribution in [2.24, 2.45) is 0 Å². The Bertz CT molecular complexity index is 525. The maximum Gasteiger partial charge on any atom is 0.124 e. The zero-order valence-electron chi connectivity index (χ0n) is 11.1. The first-order valence-corrected chi connectivity index (χ1v) is 6.39. The van der Waals surface area contributed by atoms with Crippen LogP contribution in [0.1, 0.15) is 43.7 Å². The summed E-state index contributed by atoms with van der Waals surface area (Å²) in [7, 11) is 0. The van der Waals surface area contributed by atoms with Crippen LogP contribution in [0.5, 0.6) is 11.5 Å². The minimum Gasteiger partial charge on any atom is -0.508 e. The molecule has 102 valence electrons. The molecule has 4 N–H and O–H groups in total. The Kier molecular flexibility index (Phi) is 4.06. The summed E-state index contributed by atoms with van der Waals surface area (Å²) in [6.07, 6.45) is 4.40. The van der Waals surface area contributed by atoms with E-state index in [0.29, 0.717) is 0 Å². The number of nitrogens with one attached hydrogen (secondary N) is 2. The van der Waals surface area contributed by atoms with Crippen LogP contribution in [0, 0.1) is 0 Å². The fraction of sp³-hybridized carbons (Fsp3) is 0.357. The molecule has 0 aliphatic rings. The molecule has 2 aromatic rings. The molecule has 2 atom stereocenters. The van der Waals surface area contributed by atoms with Crippen molar-refractivity contribution in [3.05, 3.63) is 42.0 Å². The third kappa shape index (κ3) is 3.06. The van der Waals surface area contributed by atoms with Crippen molar-refractivity contribution in [3.63, 3.8) is 0 Å². The fourth-order valence-corrected chi connectivity index (χ4v) is 2.15. The Balaban J connectivity index is 2.13. The zero-order chi connectivity index (χ0) is 13.8. The van der Waals surface area contributed by atoms with Gasteiger partial charge in [0.15, 0.2) is 0 Å². The Hall–Kier alpha value is -2.01. The van der Waals surface area contributed by atoms with Gasteiger partial charge in [0.1, 0.15) is 17.3 Å². The molecule has 0 fully saturated rings. The number of hydrogen-bond acceptors (Lipinski definition) is 4. The lowest BCUT2D eigenvalue weighted by atomic mass is 10.0. The first-order chi connectivity index (χ1) is 9.11. The highest BCUT2D eigenvalue weighted by molar-refractivity contribution is 5.40. The van der Waals surface area contributed by atoms with E-state index in [4.69, 9.17) is 0 Å². The van der Waals surface area contributed by atoms with E-state index in [-0.39, 0.29) is 23.6 Å². The van der Waals surface area contributed by atoms with Gasteiger partial charge in [0.05, 0.1) is 6.04 Å². The van der Waals surface area contributed by atoms with Gasteiger partial charge in [0.2, 0.25) is 0 Å². The van der Waals surface area contributed by atoms with E-state index in [9.17, 15) is 10.2 Å². The van der Waals surface area contributed by atoms with Gasteiger partial charge in [-0.3, -0.25) is 0 Å². The second-order valence-corrected chi connectivity index (χ2v) is 4.57. The monoisotopic (exact) mass is 261 g/mol. The van der Waals surface area contributed by atoms with Crippen LogP contribution >= 0.6 is 0 Å². The number of rotatable bonds is 5. The number of phenolic OH excluding ortho intramolecular Hbond substituents is 2. The molecule has 1 heterocycles. The number of nitrogens with zero attached hydrogens (tertiary/aromatic N) is 1. The van der Waals surface area contributed by atoms with E-state index in [1.165, 1.54) is 6.07 Å². The van der Waals surface area contributed by atoms with Gasteiger partial charge in [0, 0.05) is 30.1 Å². The SMILES string of the molecule is CCC(NC(C)c1ccc(O)cc1O)c1ncc[nH]1. The summed E-state index contributed by atoms with van der Waals surface area (Å²) in [5, 5.41) is 22.6. The molecule has 0 radical (unpaired) electrons. The van der Waals surface area contributed by atoms with Gasteiger partial charge in [-0.05, 0) is 19.4 Å². The largest absolute Gasteiger partial charge is 0.508 e. The maximum absolute atomic E-state index is 9.85. The van der Waals surface area contributed by atoms with Crippen molar-refractivity contribution in [1.29, 1.82) is 0 Å². The van der Waals surface area contributed by atoms with E-state index < -0.39 is 0 Å². The fourth-order valence-electron chi connectivity index (χ4n) is 2.15. The van der Waals surface area contributed by atoms with Crippen LogP contribution in [0.4, 0.5) is 0 Å². The highest BCUT2D eigenvalue weighted by Crippen LogP contribution is 2.29. The smallest absolute Gasteiger partial charge is 0.124 e. The average molecular weight is 261 g/mol. The summed E-state index contributed by atoms with van der Waals surface area (Å²) in [5.74, 6) is 1.04. The lowest BCUT2D eigenvalue weighted by Gasteiger charge is -2.21. The predicted octanol–water partition coefficient (Wildman–Crippen LogP) is 2.62. The predicted molar refractivity (Wildman–Crippen MR) is 72.9 cm³/mol. The third-order valence-corrected chi connectivity index (χ3v) is 3.19. The van der Waals surface area contributed by atoms with Crippen LogP contribution < -0.4 is 5.32 Å². The van der Waals surface area contributed by atoms with Crippen molar-refractivity contribution in [2.45, 2.75) is 32.4 Å². The van der Waals surface area contributed by atoms with Crippen LogP contribution in [0.15, 0.2) is 30.6 Å². The van der Waals surface area contributed by atoms with Gasteiger partial charge >= 0.3 is 0 Å². The van der Waals surface area contributed by atoms with Crippen LogP contribution in [0.3, 0.4) is 0 Å². The molecule has 5 nitrogen and oxygen atoms in total. The van der Waals surface area contributed by atoms with Gasteiger partial charge in [0.25, 0.3) is 0 Å². The number of H-pyrrole nitrogens is 1. The van der Waals surface area contributed by atoms with E-state index in [1.54, 1.807) is 24.5 Å². The normalized spacial score (nSPS) is 14.2. The second-order valence-electron chi connectivity index (χ2n) is 4.57. The highest BCUT2D eigenvalue weighted by atomic mass is 16.3. The van der Waals surface area contributed by atoms with Crippen LogP contribution in [-0.2, 0) is 0 Å². The number of aromatic hydroxyl groups is 2. The standard InChI is InChI=1S/C14H19N3O2/c1-3-12(14-15-6-7-16-14)17-9(2)11-5-4-10(18)8-13(11)19/h4-9,12,17-19H,3H2,1-2H3,(H,15,16). The minimum atomic E-state index is -0.0457. The molecule has 0 bridgehead atoms. The van der Waals surface area contributed by atoms with Gasteiger partial charge in [-0.2, -0.15) is 0 Å². The van der Waals surface area contributed by atoms with Crippen molar-refractivity contribution in [1.82, 2.24) is 15.3 Å². The molecule has 0 saturated carbocycles. The van der Waals surface area contributed by atoms with Crippen LogP contribution in [0.25, 0.3) is 0 Å². The van der Waals surface area contributed by atoms with Crippen molar-refractivity contribution in [3.8, 4) is 11.5 Å². The molecule has 2 unspecified atom stereocenters. The molecule has 0 saturated heterocycles. The first-order valence-electron chi connectivity index (χ1n) is 6.39. The zero-order valence-corrected chi connectivity index (χ0v) is 11.1. The highest BCUT2D eigenvalue weighted by Gasteiger charge is 2.17. The van der Waals surface area contributed by atoms with E-state index in [2.05, 4.69) is 22.2 Å². The van der Waals surface area contributed by atoms with Crippen LogP contribution in [0.2, 0.25) is 0 Å². The maximum atomic E-state index is 9.85. The number of aromatic amines is 1. The van der Waals surface area contributed by atoms with Gasteiger partial charge in [-0.1, -0.05) is 13.0 Å². The Morgan fingerprint density at radius 2 is 2.16 bits per heavy atom.